The second-order valence-electron chi connectivity index (χ2n) is 6.95. The Bertz CT molecular complexity index is 728. The predicted molar refractivity (Wildman–Crippen MR) is 114 cm³/mol. The molecule has 0 saturated heterocycles. The van der Waals surface area contributed by atoms with Gasteiger partial charge in [0.1, 0.15) is 18.1 Å². The number of nitrogens with one attached hydrogen (secondary N) is 3. The summed E-state index contributed by atoms with van der Waals surface area (Å²) in [4.78, 5) is 62.8. The largest absolute Gasteiger partial charge is 0.480 e. The average molecular weight is 476 g/mol. The van der Waals surface area contributed by atoms with Crippen LogP contribution in [0.2, 0.25) is 0 Å². The molecular formula is C17H32N8O8. The van der Waals surface area contributed by atoms with Crippen molar-refractivity contribution in [2.24, 2.45) is 27.9 Å². The standard InChI is InChI=1S/C17H32N8O8/c18-8(2-1-5-22-17(20)21)13(29)23-9(3-4-12(19)28)14(30)24-10(6-26)15(31)25-11(7-27)16(32)33/h8-11,26-27H,1-7,18H2,(H2,19,28)(H,23,29)(H,24,30)(H,25,31)(H,32,33)(H4,20,21,22). The third-order valence-corrected chi connectivity index (χ3v) is 4.23. The first-order valence-electron chi connectivity index (χ1n) is 9.87. The van der Waals surface area contributed by atoms with Crippen LogP contribution in [0.1, 0.15) is 25.7 Å². The number of aliphatic imine (C=N–C) groups is 1. The molecule has 14 N–H and O–H groups in total. The highest BCUT2D eigenvalue weighted by atomic mass is 16.4. The second kappa shape index (κ2) is 15.3. The van der Waals surface area contributed by atoms with Crippen LogP contribution in [-0.2, 0) is 24.0 Å². The molecule has 0 aromatic carbocycles. The van der Waals surface area contributed by atoms with Crippen molar-refractivity contribution in [3.05, 3.63) is 0 Å². The Kier molecular flexibility index (Phi) is 13.7. The minimum absolute atomic E-state index is 0.118. The Labute approximate surface area is 189 Å². The molecule has 0 heterocycles. The van der Waals surface area contributed by atoms with Crippen molar-refractivity contribution < 1.29 is 39.3 Å². The summed E-state index contributed by atoms with van der Waals surface area (Å²) in [5, 5.41) is 33.7. The number of aliphatic carboxylic acids is 1. The fourth-order valence-corrected chi connectivity index (χ4v) is 2.41. The number of primary amides is 1. The van der Waals surface area contributed by atoms with E-state index in [4.69, 9.17) is 33.1 Å². The number of nitrogens with zero attached hydrogens (tertiary/aromatic N) is 1. The molecule has 4 atom stereocenters. The van der Waals surface area contributed by atoms with E-state index in [0.29, 0.717) is 6.42 Å². The molecule has 0 saturated carbocycles. The monoisotopic (exact) mass is 476 g/mol. The Hall–Kier alpha value is -3.50. The molecular weight excluding hydrogens is 444 g/mol. The summed E-state index contributed by atoms with van der Waals surface area (Å²) < 4.78 is 0. The quantitative estimate of drug-likeness (QED) is 0.0568. The van der Waals surface area contributed by atoms with Crippen LogP contribution in [0.4, 0.5) is 0 Å². The van der Waals surface area contributed by atoms with Gasteiger partial charge in [0.15, 0.2) is 5.96 Å². The van der Waals surface area contributed by atoms with Crippen molar-refractivity contribution in [2.75, 3.05) is 19.8 Å². The van der Waals surface area contributed by atoms with Crippen LogP contribution in [0.3, 0.4) is 0 Å². The topological polar surface area (TPSA) is 299 Å². The average Bonchev–Trinajstić information content (AvgIpc) is 2.74. The minimum Gasteiger partial charge on any atom is -0.480 e. The maximum atomic E-state index is 12.6. The third kappa shape index (κ3) is 12.2. The van der Waals surface area contributed by atoms with Gasteiger partial charge in [0.25, 0.3) is 0 Å². The number of guanidine groups is 1. The molecule has 16 nitrogen and oxygen atoms in total. The summed E-state index contributed by atoms with van der Waals surface area (Å²) in [7, 11) is 0. The lowest BCUT2D eigenvalue weighted by Crippen LogP contribution is -2.58. The van der Waals surface area contributed by atoms with Gasteiger partial charge < -0.3 is 54.2 Å². The van der Waals surface area contributed by atoms with Crippen molar-refractivity contribution in [1.29, 1.82) is 0 Å². The molecule has 0 radical (unpaired) electrons. The number of carboxylic acids is 1. The molecule has 0 aromatic heterocycles. The van der Waals surface area contributed by atoms with Crippen molar-refractivity contribution >= 4 is 35.6 Å². The van der Waals surface area contributed by atoms with Gasteiger partial charge in [-0.2, -0.15) is 0 Å². The molecule has 0 spiro atoms. The van der Waals surface area contributed by atoms with Crippen LogP contribution in [0, 0.1) is 0 Å². The first-order valence-corrected chi connectivity index (χ1v) is 9.87. The van der Waals surface area contributed by atoms with Crippen LogP contribution < -0.4 is 38.9 Å². The van der Waals surface area contributed by atoms with E-state index in [1.54, 1.807) is 0 Å². The van der Waals surface area contributed by atoms with E-state index in [-0.39, 0.29) is 31.8 Å². The van der Waals surface area contributed by atoms with E-state index in [2.05, 4.69) is 15.6 Å². The fraction of sp³-hybridized carbons (Fsp3) is 0.647. The van der Waals surface area contributed by atoms with Crippen LogP contribution in [0.5, 0.6) is 0 Å². The normalized spacial score (nSPS) is 14.2. The summed E-state index contributed by atoms with van der Waals surface area (Å²) in [5.74, 6) is -5.19. The van der Waals surface area contributed by atoms with Crippen LogP contribution >= 0.6 is 0 Å². The molecule has 4 amide bonds. The maximum absolute atomic E-state index is 12.6. The highest BCUT2D eigenvalue weighted by Crippen LogP contribution is 2.02. The van der Waals surface area contributed by atoms with Crippen molar-refractivity contribution in [3.8, 4) is 0 Å². The van der Waals surface area contributed by atoms with Gasteiger partial charge >= 0.3 is 5.97 Å². The Morgan fingerprint density at radius 3 is 1.79 bits per heavy atom. The van der Waals surface area contributed by atoms with Crippen LogP contribution in [0.15, 0.2) is 4.99 Å². The molecule has 0 fully saturated rings. The maximum Gasteiger partial charge on any atom is 0.328 e. The molecule has 0 aliphatic heterocycles. The van der Waals surface area contributed by atoms with Gasteiger partial charge in [0.2, 0.25) is 23.6 Å². The van der Waals surface area contributed by atoms with Gasteiger partial charge in [-0.05, 0) is 19.3 Å². The molecule has 0 aromatic rings. The lowest BCUT2D eigenvalue weighted by molar-refractivity contribution is -0.143. The smallest absolute Gasteiger partial charge is 0.328 e. The summed E-state index contributed by atoms with van der Waals surface area (Å²) in [5.41, 5.74) is 21.3. The van der Waals surface area contributed by atoms with Crippen molar-refractivity contribution in [3.63, 3.8) is 0 Å². The number of carbonyl (C=O) groups is 5. The highest BCUT2D eigenvalue weighted by molar-refractivity contribution is 5.94. The van der Waals surface area contributed by atoms with Gasteiger partial charge in [-0.15, -0.1) is 0 Å². The van der Waals surface area contributed by atoms with Gasteiger partial charge in [-0.3, -0.25) is 24.2 Å². The number of carboxylic acid groups (broad SMARTS) is 1. The molecule has 16 heteroatoms. The first kappa shape index (κ1) is 29.5. The predicted octanol–water partition coefficient (Wildman–Crippen LogP) is -5.84. The lowest BCUT2D eigenvalue weighted by Gasteiger charge is -2.24. The van der Waals surface area contributed by atoms with E-state index in [1.807, 2.05) is 5.32 Å². The Morgan fingerprint density at radius 2 is 1.30 bits per heavy atom. The number of aliphatic hydroxyl groups excluding tert-OH is 2. The van der Waals surface area contributed by atoms with Crippen molar-refractivity contribution in [1.82, 2.24) is 16.0 Å². The fourth-order valence-electron chi connectivity index (χ4n) is 2.41. The van der Waals surface area contributed by atoms with Crippen LogP contribution in [-0.4, -0.2) is 94.8 Å². The number of aliphatic hydroxyl groups is 2. The van der Waals surface area contributed by atoms with E-state index in [9.17, 15) is 29.1 Å². The molecule has 33 heavy (non-hydrogen) atoms. The van der Waals surface area contributed by atoms with Gasteiger partial charge in [0.05, 0.1) is 19.3 Å². The molecule has 4 unspecified atom stereocenters. The zero-order valence-corrected chi connectivity index (χ0v) is 17.9. The summed E-state index contributed by atoms with van der Waals surface area (Å²) in [6.45, 7) is -1.62. The second-order valence-corrected chi connectivity index (χ2v) is 6.95. The van der Waals surface area contributed by atoms with E-state index < -0.39 is 67.0 Å². The SMILES string of the molecule is NC(=O)CCC(NC(=O)C(N)CCCN=C(N)N)C(=O)NC(CO)C(=O)NC(CO)C(=O)O. The Morgan fingerprint density at radius 1 is 0.788 bits per heavy atom. The van der Waals surface area contributed by atoms with Gasteiger partial charge in [0, 0.05) is 13.0 Å². The zero-order chi connectivity index (χ0) is 25.6. The minimum atomic E-state index is -1.66. The highest BCUT2D eigenvalue weighted by Gasteiger charge is 2.30. The first-order chi connectivity index (χ1) is 15.4. The molecule has 0 rings (SSSR count). The molecule has 0 bridgehead atoms. The number of rotatable bonds is 16. The number of nitrogens with two attached hydrogens (primary N) is 4. The summed E-state index contributed by atoms with van der Waals surface area (Å²) in [6, 6.07) is -5.65. The van der Waals surface area contributed by atoms with E-state index >= 15 is 0 Å². The van der Waals surface area contributed by atoms with E-state index in [0.717, 1.165) is 0 Å². The Balaban J connectivity index is 5.15. The number of carbonyl (C=O) groups excluding carboxylic acids is 4. The number of hydrogen-bond acceptors (Lipinski definition) is 9. The van der Waals surface area contributed by atoms with E-state index in [1.165, 1.54) is 0 Å². The summed E-state index contributed by atoms with van der Waals surface area (Å²) in [6.07, 6.45) is 0.0145. The molecule has 0 aliphatic carbocycles. The molecule has 0 aliphatic rings. The van der Waals surface area contributed by atoms with Crippen LogP contribution in [0.25, 0.3) is 0 Å². The third-order valence-electron chi connectivity index (χ3n) is 4.23. The number of amides is 4. The van der Waals surface area contributed by atoms with Crippen molar-refractivity contribution in [2.45, 2.75) is 49.9 Å². The van der Waals surface area contributed by atoms with Gasteiger partial charge in [-0.25, -0.2) is 4.79 Å². The summed E-state index contributed by atoms with van der Waals surface area (Å²) >= 11 is 0. The number of hydrogen-bond donors (Lipinski definition) is 10. The molecule has 188 valence electrons. The van der Waals surface area contributed by atoms with Gasteiger partial charge in [-0.1, -0.05) is 0 Å². The zero-order valence-electron chi connectivity index (χ0n) is 17.9. The lowest BCUT2D eigenvalue weighted by atomic mass is 10.1.